The summed E-state index contributed by atoms with van der Waals surface area (Å²) in [5, 5.41) is 13.5. The Kier molecular flexibility index (Phi) is 6.50. The van der Waals surface area contributed by atoms with Gasteiger partial charge in [-0.3, -0.25) is 14.5 Å². The quantitative estimate of drug-likeness (QED) is 0.172. The summed E-state index contributed by atoms with van der Waals surface area (Å²) in [5.41, 5.74) is 0.691. The third-order valence-corrected chi connectivity index (χ3v) is 6.93. The van der Waals surface area contributed by atoms with Crippen molar-refractivity contribution in [1.29, 1.82) is 0 Å². The van der Waals surface area contributed by atoms with Gasteiger partial charge in [-0.15, -0.1) is 11.3 Å². The van der Waals surface area contributed by atoms with Gasteiger partial charge in [0, 0.05) is 15.6 Å². The van der Waals surface area contributed by atoms with Gasteiger partial charge in [-0.05, 0) is 66.0 Å². The van der Waals surface area contributed by atoms with E-state index in [0.29, 0.717) is 28.0 Å². The smallest absolute Gasteiger partial charge is 0.300 e. The van der Waals surface area contributed by atoms with Crippen LogP contribution in [0.15, 0.2) is 95.9 Å². The lowest BCUT2D eigenvalue weighted by Crippen LogP contribution is -2.29. The zero-order chi connectivity index (χ0) is 25.2. The lowest BCUT2D eigenvalue weighted by Gasteiger charge is -2.24. The summed E-state index contributed by atoms with van der Waals surface area (Å²) in [5.74, 6) is -0.295. The summed E-state index contributed by atoms with van der Waals surface area (Å²) in [7, 11) is 1.45. The molecule has 0 radical (unpaired) electrons. The minimum atomic E-state index is -0.824. The Morgan fingerprint density at radius 2 is 1.67 bits per heavy atom. The van der Waals surface area contributed by atoms with E-state index in [-0.39, 0.29) is 16.9 Å². The van der Waals surface area contributed by atoms with Crippen LogP contribution in [0.2, 0.25) is 5.02 Å². The average Bonchev–Trinajstić information content (AvgIpc) is 3.52. The number of para-hydroxylation sites is 1. The molecule has 1 aromatic heterocycles. The number of halogens is 1. The molecule has 1 unspecified atom stereocenters. The number of methoxy groups -OCH3 is 1. The molecule has 180 valence electrons. The van der Waals surface area contributed by atoms with Gasteiger partial charge in [0.15, 0.2) is 0 Å². The van der Waals surface area contributed by atoms with E-state index in [4.69, 9.17) is 21.1 Å². The number of ether oxygens (including phenoxy) is 2. The average molecular weight is 518 g/mol. The van der Waals surface area contributed by atoms with Crippen molar-refractivity contribution in [2.24, 2.45) is 0 Å². The molecule has 5 rings (SSSR count). The van der Waals surface area contributed by atoms with Gasteiger partial charge in [0.05, 0.1) is 18.2 Å². The van der Waals surface area contributed by atoms with E-state index in [2.05, 4.69) is 0 Å². The fourth-order valence-corrected chi connectivity index (χ4v) is 5.12. The number of rotatable bonds is 6. The molecule has 1 atom stereocenters. The van der Waals surface area contributed by atoms with E-state index in [1.165, 1.54) is 29.4 Å². The summed E-state index contributed by atoms with van der Waals surface area (Å²) in [4.78, 5) is 28.7. The van der Waals surface area contributed by atoms with Gasteiger partial charge in [0.2, 0.25) is 0 Å². The molecule has 1 aliphatic heterocycles. The van der Waals surface area contributed by atoms with Crippen LogP contribution < -0.4 is 14.4 Å². The zero-order valence-electron chi connectivity index (χ0n) is 19.1. The van der Waals surface area contributed by atoms with Gasteiger partial charge < -0.3 is 14.6 Å². The topological polar surface area (TPSA) is 76.1 Å². The molecule has 36 heavy (non-hydrogen) atoms. The number of hydrogen-bond acceptors (Lipinski definition) is 6. The van der Waals surface area contributed by atoms with E-state index < -0.39 is 17.7 Å². The van der Waals surface area contributed by atoms with Crippen LogP contribution in [0.3, 0.4) is 0 Å². The zero-order valence-corrected chi connectivity index (χ0v) is 20.6. The first kappa shape index (κ1) is 23.7. The van der Waals surface area contributed by atoms with E-state index in [0.717, 1.165) is 4.88 Å². The number of thiophene rings is 1. The van der Waals surface area contributed by atoms with Crippen LogP contribution >= 0.6 is 22.9 Å². The van der Waals surface area contributed by atoms with E-state index in [9.17, 15) is 14.7 Å². The van der Waals surface area contributed by atoms with Gasteiger partial charge in [-0.1, -0.05) is 35.9 Å². The van der Waals surface area contributed by atoms with Crippen molar-refractivity contribution in [1.82, 2.24) is 0 Å². The molecule has 6 nitrogen and oxygen atoms in total. The van der Waals surface area contributed by atoms with E-state index in [1.807, 2.05) is 47.8 Å². The summed E-state index contributed by atoms with van der Waals surface area (Å²) < 4.78 is 11.2. The molecule has 1 fully saturated rings. The number of hydrogen-bond donors (Lipinski definition) is 1. The lowest BCUT2D eigenvalue weighted by atomic mass is 9.99. The molecule has 1 N–H and O–H groups in total. The molecule has 2 heterocycles. The highest BCUT2D eigenvalue weighted by Crippen LogP contribution is 2.45. The van der Waals surface area contributed by atoms with Crippen molar-refractivity contribution < 1.29 is 24.2 Å². The fourth-order valence-electron chi connectivity index (χ4n) is 4.12. The maximum Gasteiger partial charge on any atom is 0.300 e. The first-order valence-electron chi connectivity index (χ1n) is 11.0. The van der Waals surface area contributed by atoms with Crippen molar-refractivity contribution in [3.8, 4) is 17.2 Å². The second-order valence-corrected chi connectivity index (χ2v) is 9.35. The minimum Gasteiger partial charge on any atom is -0.507 e. The summed E-state index contributed by atoms with van der Waals surface area (Å²) in [6, 6.07) is 23.8. The number of anilines is 1. The highest BCUT2D eigenvalue weighted by Gasteiger charge is 2.47. The van der Waals surface area contributed by atoms with Crippen molar-refractivity contribution >= 4 is 46.1 Å². The van der Waals surface area contributed by atoms with Crippen LogP contribution in [-0.2, 0) is 9.59 Å². The van der Waals surface area contributed by atoms with Crippen molar-refractivity contribution in [3.05, 3.63) is 111 Å². The molecular weight excluding hydrogens is 498 g/mol. The predicted molar refractivity (Wildman–Crippen MR) is 140 cm³/mol. The fraction of sp³-hybridized carbons (Fsp3) is 0.0714. The molecule has 0 bridgehead atoms. The summed E-state index contributed by atoms with van der Waals surface area (Å²) in [6.07, 6.45) is 0. The van der Waals surface area contributed by atoms with Crippen LogP contribution in [0.25, 0.3) is 5.76 Å². The normalized spacial score (nSPS) is 16.8. The number of Topliss-reactive ketones (excluding diaryl/α,β-unsaturated/α-hetero) is 1. The third-order valence-electron chi connectivity index (χ3n) is 5.77. The molecule has 0 saturated carbocycles. The molecule has 1 saturated heterocycles. The maximum absolute atomic E-state index is 13.3. The van der Waals surface area contributed by atoms with Crippen molar-refractivity contribution in [2.45, 2.75) is 6.04 Å². The first-order valence-corrected chi connectivity index (χ1v) is 12.2. The van der Waals surface area contributed by atoms with Crippen LogP contribution in [-0.4, -0.2) is 23.9 Å². The van der Waals surface area contributed by atoms with Gasteiger partial charge in [0.1, 0.15) is 29.0 Å². The Balaban J connectivity index is 1.59. The minimum absolute atomic E-state index is 0.0346. The first-order chi connectivity index (χ1) is 17.5. The monoisotopic (exact) mass is 517 g/mol. The highest BCUT2D eigenvalue weighted by atomic mass is 35.5. The molecule has 0 spiro atoms. The van der Waals surface area contributed by atoms with E-state index in [1.54, 1.807) is 36.4 Å². The SMILES string of the molecule is COc1ccc(Cl)cc1/C(O)=C1/C(=O)C(=O)N(c2ccc(Oc3ccccc3)cc2)C1c1cccs1. The molecular formula is C28H20ClNO5S. The second kappa shape index (κ2) is 9.89. The number of carbonyl (C=O) groups excluding carboxylic acids is 2. The van der Waals surface area contributed by atoms with Crippen LogP contribution in [0, 0.1) is 0 Å². The number of amides is 1. The Bertz CT molecular complexity index is 1450. The predicted octanol–water partition coefficient (Wildman–Crippen LogP) is 6.83. The maximum atomic E-state index is 13.3. The van der Waals surface area contributed by atoms with Crippen LogP contribution in [0.1, 0.15) is 16.5 Å². The van der Waals surface area contributed by atoms with Crippen molar-refractivity contribution in [2.75, 3.05) is 12.0 Å². The molecule has 1 amide bonds. The number of aliphatic hydroxyl groups is 1. The molecule has 4 aromatic rings. The Hall–Kier alpha value is -4.07. The van der Waals surface area contributed by atoms with Gasteiger partial charge in [0.25, 0.3) is 11.7 Å². The summed E-state index contributed by atoms with van der Waals surface area (Å²) >= 11 is 7.55. The highest BCUT2D eigenvalue weighted by molar-refractivity contribution is 7.10. The Labute approximate surface area is 216 Å². The van der Waals surface area contributed by atoms with Gasteiger partial charge in [-0.2, -0.15) is 0 Å². The van der Waals surface area contributed by atoms with Crippen LogP contribution in [0.5, 0.6) is 17.2 Å². The lowest BCUT2D eigenvalue weighted by molar-refractivity contribution is -0.132. The number of nitrogens with zero attached hydrogens (tertiary/aromatic N) is 1. The molecule has 0 aliphatic carbocycles. The molecule has 8 heteroatoms. The Morgan fingerprint density at radius 3 is 2.33 bits per heavy atom. The molecule has 3 aromatic carbocycles. The Morgan fingerprint density at radius 1 is 0.944 bits per heavy atom. The second-order valence-electron chi connectivity index (χ2n) is 7.94. The number of carbonyl (C=O) groups is 2. The molecule has 1 aliphatic rings. The third kappa shape index (κ3) is 4.34. The number of benzene rings is 3. The number of aliphatic hydroxyl groups excluding tert-OH is 1. The van der Waals surface area contributed by atoms with Crippen molar-refractivity contribution in [3.63, 3.8) is 0 Å². The van der Waals surface area contributed by atoms with Crippen LogP contribution in [0.4, 0.5) is 5.69 Å². The summed E-state index contributed by atoms with van der Waals surface area (Å²) in [6.45, 7) is 0. The standard InChI is InChI=1S/C28H20ClNO5S/c1-34-22-14-9-17(29)16-21(22)26(31)24-25(23-8-5-15-36-23)30(28(33)27(24)32)18-10-12-20(13-11-18)35-19-6-3-2-4-7-19/h2-16,25,31H,1H3/b26-24-. The van der Waals surface area contributed by atoms with Gasteiger partial charge >= 0.3 is 0 Å². The van der Waals surface area contributed by atoms with E-state index >= 15 is 0 Å². The van der Waals surface area contributed by atoms with Gasteiger partial charge in [-0.25, -0.2) is 0 Å². The largest absolute Gasteiger partial charge is 0.507 e. The number of ketones is 1.